The van der Waals surface area contributed by atoms with Crippen molar-refractivity contribution in [2.45, 2.75) is 44.8 Å². The molecule has 0 rings (SSSR count). The molecule has 0 radical (unpaired) electrons. The van der Waals surface area contributed by atoms with Crippen LogP contribution in [0.2, 0.25) is 0 Å². The van der Waals surface area contributed by atoms with Crippen LogP contribution in [0.4, 0.5) is 0 Å². The first kappa shape index (κ1) is 10.2. The van der Waals surface area contributed by atoms with Gasteiger partial charge in [0.2, 0.25) is 0 Å². The molecule has 0 aromatic rings. The van der Waals surface area contributed by atoms with Gasteiger partial charge in [-0.25, -0.2) is 0 Å². The highest BCUT2D eigenvalue weighted by molar-refractivity contribution is 7.85. The van der Waals surface area contributed by atoms with E-state index in [1.54, 1.807) is 0 Å². The Kier molecular flexibility index (Phi) is 4.18. The van der Waals surface area contributed by atoms with Gasteiger partial charge in [0.15, 0.2) is 0 Å². The van der Waals surface area contributed by atoms with Gasteiger partial charge in [0.05, 0.1) is 0 Å². The molecule has 0 spiro atoms. The fourth-order valence-corrected chi connectivity index (χ4v) is 2.58. The van der Waals surface area contributed by atoms with Crippen LogP contribution in [0.3, 0.4) is 0 Å². The van der Waals surface area contributed by atoms with Crippen LogP contribution in [0.25, 0.3) is 0 Å². The van der Waals surface area contributed by atoms with E-state index in [1.807, 2.05) is 6.26 Å². The zero-order chi connectivity index (χ0) is 8.20. The van der Waals surface area contributed by atoms with E-state index < -0.39 is 10.8 Å². The van der Waals surface area contributed by atoms with Gasteiger partial charge in [-0.15, -0.1) is 0 Å². The molecular formula is C8H18OS. The van der Waals surface area contributed by atoms with Crippen molar-refractivity contribution in [3.05, 3.63) is 0 Å². The molecular weight excluding hydrogens is 144 g/mol. The maximum absolute atomic E-state index is 11.3. The number of rotatable bonds is 4. The zero-order valence-corrected chi connectivity index (χ0v) is 8.25. The predicted octanol–water partition coefficient (Wildman–Crippen LogP) is 2.33. The maximum Gasteiger partial charge on any atom is 0.0448 e. The van der Waals surface area contributed by atoms with Crippen molar-refractivity contribution in [2.75, 3.05) is 6.26 Å². The summed E-state index contributed by atoms with van der Waals surface area (Å²) >= 11 is 0. The molecule has 0 saturated carbocycles. The summed E-state index contributed by atoms with van der Waals surface area (Å²) in [6.45, 7) is 6.36. The Hall–Kier alpha value is 0.150. The Morgan fingerprint density at radius 1 is 1.10 bits per heavy atom. The van der Waals surface area contributed by atoms with E-state index in [0.717, 1.165) is 19.3 Å². The van der Waals surface area contributed by atoms with Crippen molar-refractivity contribution in [1.29, 1.82) is 0 Å². The summed E-state index contributed by atoms with van der Waals surface area (Å²) < 4.78 is 11.4. The topological polar surface area (TPSA) is 17.1 Å². The summed E-state index contributed by atoms with van der Waals surface area (Å²) in [6, 6.07) is 0. The molecule has 0 N–H and O–H groups in total. The Balaban J connectivity index is 4.31. The molecule has 0 fully saturated rings. The Labute approximate surface area is 66.7 Å². The number of hydrogen-bond acceptors (Lipinski definition) is 1. The third-order valence-electron chi connectivity index (χ3n) is 2.54. The third-order valence-corrected chi connectivity index (χ3v) is 4.63. The highest BCUT2D eigenvalue weighted by atomic mass is 32.2. The Morgan fingerprint density at radius 3 is 1.40 bits per heavy atom. The average molecular weight is 162 g/mol. The van der Waals surface area contributed by atoms with Gasteiger partial charge in [0, 0.05) is 21.8 Å². The fourth-order valence-electron chi connectivity index (χ4n) is 1.36. The third kappa shape index (κ3) is 1.82. The minimum atomic E-state index is -0.662. The summed E-state index contributed by atoms with van der Waals surface area (Å²) in [5.41, 5.74) is 0. The van der Waals surface area contributed by atoms with Gasteiger partial charge >= 0.3 is 0 Å². The van der Waals surface area contributed by atoms with Crippen molar-refractivity contribution >= 4 is 10.8 Å². The zero-order valence-electron chi connectivity index (χ0n) is 7.44. The molecule has 0 aromatic carbocycles. The van der Waals surface area contributed by atoms with E-state index in [2.05, 4.69) is 20.8 Å². The fraction of sp³-hybridized carbons (Fsp3) is 1.00. The van der Waals surface area contributed by atoms with Crippen LogP contribution in [0, 0.1) is 0 Å². The lowest BCUT2D eigenvalue weighted by Gasteiger charge is -2.27. The monoisotopic (exact) mass is 162 g/mol. The molecule has 0 aliphatic heterocycles. The summed E-state index contributed by atoms with van der Waals surface area (Å²) in [4.78, 5) is 0. The second kappa shape index (κ2) is 4.12. The lowest BCUT2D eigenvalue weighted by Crippen LogP contribution is -2.31. The van der Waals surface area contributed by atoms with Gasteiger partial charge in [-0.05, 0) is 19.3 Å². The second-order valence-electron chi connectivity index (χ2n) is 2.70. The minimum absolute atomic E-state index is 0.0972. The molecule has 0 unspecified atom stereocenters. The van der Waals surface area contributed by atoms with Gasteiger partial charge in [0.25, 0.3) is 0 Å². The Morgan fingerprint density at radius 2 is 1.40 bits per heavy atom. The first-order valence-corrected chi connectivity index (χ1v) is 5.52. The van der Waals surface area contributed by atoms with Crippen LogP contribution in [-0.2, 0) is 10.8 Å². The molecule has 0 aliphatic carbocycles. The lowest BCUT2D eigenvalue weighted by molar-refractivity contribution is 0.507. The lowest BCUT2D eigenvalue weighted by atomic mass is 9.99. The van der Waals surface area contributed by atoms with E-state index in [1.165, 1.54) is 0 Å². The van der Waals surface area contributed by atoms with Crippen LogP contribution in [0.5, 0.6) is 0 Å². The van der Waals surface area contributed by atoms with Crippen molar-refractivity contribution in [1.82, 2.24) is 0 Å². The summed E-state index contributed by atoms with van der Waals surface area (Å²) in [6.07, 6.45) is 4.91. The van der Waals surface area contributed by atoms with E-state index in [4.69, 9.17) is 0 Å². The molecule has 62 valence electrons. The predicted molar refractivity (Wildman–Crippen MR) is 47.7 cm³/mol. The van der Waals surface area contributed by atoms with Crippen molar-refractivity contribution in [3.63, 3.8) is 0 Å². The molecule has 2 heteroatoms. The van der Waals surface area contributed by atoms with E-state index in [0.29, 0.717) is 0 Å². The molecule has 0 bridgehead atoms. The highest BCUT2D eigenvalue weighted by Gasteiger charge is 2.27. The van der Waals surface area contributed by atoms with Crippen LogP contribution in [-0.4, -0.2) is 15.2 Å². The second-order valence-corrected chi connectivity index (χ2v) is 4.47. The smallest absolute Gasteiger partial charge is 0.0448 e. The van der Waals surface area contributed by atoms with E-state index >= 15 is 0 Å². The van der Waals surface area contributed by atoms with Crippen LogP contribution >= 0.6 is 0 Å². The van der Waals surface area contributed by atoms with Gasteiger partial charge < -0.3 is 0 Å². The van der Waals surface area contributed by atoms with E-state index in [9.17, 15) is 4.21 Å². The minimum Gasteiger partial charge on any atom is -0.259 e. The summed E-state index contributed by atoms with van der Waals surface area (Å²) in [5.74, 6) is 0. The maximum atomic E-state index is 11.3. The van der Waals surface area contributed by atoms with Crippen molar-refractivity contribution < 1.29 is 4.21 Å². The molecule has 0 amide bonds. The van der Waals surface area contributed by atoms with E-state index in [-0.39, 0.29) is 4.75 Å². The normalized spacial score (nSPS) is 15.2. The van der Waals surface area contributed by atoms with Gasteiger partial charge in [-0.2, -0.15) is 0 Å². The molecule has 1 atom stereocenters. The molecule has 0 heterocycles. The van der Waals surface area contributed by atoms with Crippen molar-refractivity contribution in [2.24, 2.45) is 0 Å². The largest absolute Gasteiger partial charge is 0.259 e. The molecule has 0 aliphatic rings. The van der Waals surface area contributed by atoms with Crippen LogP contribution in [0.15, 0.2) is 0 Å². The van der Waals surface area contributed by atoms with Gasteiger partial charge in [-0.3, -0.25) is 4.21 Å². The van der Waals surface area contributed by atoms with Gasteiger partial charge in [-0.1, -0.05) is 20.8 Å². The van der Waals surface area contributed by atoms with Gasteiger partial charge in [0.1, 0.15) is 0 Å². The molecule has 0 saturated heterocycles. The number of hydrogen-bond donors (Lipinski definition) is 0. The Bertz CT molecular complexity index is 108. The molecule has 10 heavy (non-hydrogen) atoms. The summed E-state index contributed by atoms with van der Waals surface area (Å²) in [5, 5.41) is 0. The van der Waals surface area contributed by atoms with Crippen LogP contribution in [0.1, 0.15) is 40.0 Å². The molecule has 0 aromatic heterocycles. The first-order valence-electron chi connectivity index (χ1n) is 3.96. The quantitative estimate of drug-likeness (QED) is 0.620. The van der Waals surface area contributed by atoms with Crippen molar-refractivity contribution in [3.8, 4) is 0 Å². The first-order chi connectivity index (χ1) is 4.63. The standard InChI is InChI=1S/C8H18OS/c1-5-8(6-2,7-3)10(4)9/h5-7H2,1-4H3/t10-/m0/s1. The summed E-state index contributed by atoms with van der Waals surface area (Å²) in [7, 11) is -0.662. The SMILES string of the molecule is CCC(CC)(CC)[S@](C)=O. The average Bonchev–Trinajstić information content (AvgIpc) is 1.92. The highest BCUT2D eigenvalue weighted by Crippen LogP contribution is 2.25. The molecule has 1 nitrogen and oxygen atoms in total. The van der Waals surface area contributed by atoms with Crippen LogP contribution < -0.4 is 0 Å².